The molecule has 2 aromatic rings. The van der Waals surface area contributed by atoms with Crippen LogP contribution in [0.1, 0.15) is 147 Å². The van der Waals surface area contributed by atoms with E-state index >= 15 is 0 Å². The summed E-state index contributed by atoms with van der Waals surface area (Å²) in [6.07, 6.45) is 14.7. The average Bonchev–Trinajstić information content (AvgIpc) is 3.27. The van der Waals surface area contributed by atoms with E-state index in [-0.39, 0.29) is 49.3 Å². The molecule has 0 spiro atoms. The largest absolute Gasteiger partial charge is 0.480 e. The number of unbranched alkanes of at least 4 members (excludes halogenated alkanes) is 12. The summed E-state index contributed by atoms with van der Waals surface area (Å²) in [5.41, 5.74) is 12.6. The molecule has 5 atom stereocenters. The predicted octanol–water partition coefficient (Wildman–Crippen LogP) is 4.65. The van der Waals surface area contributed by atoms with Crippen LogP contribution in [0.2, 0.25) is 0 Å². The fourth-order valence-corrected chi connectivity index (χ4v) is 7.32. The summed E-state index contributed by atoms with van der Waals surface area (Å²) in [5, 5.41) is 23.0. The second-order valence-corrected chi connectivity index (χ2v) is 17.0. The second kappa shape index (κ2) is 32.8. The van der Waals surface area contributed by atoms with Crippen LogP contribution in [0.4, 0.5) is 0 Å². The summed E-state index contributed by atoms with van der Waals surface area (Å²) < 4.78 is 0. The third kappa shape index (κ3) is 25.3. The van der Waals surface area contributed by atoms with E-state index in [9.17, 15) is 43.5 Å². The van der Waals surface area contributed by atoms with Crippen LogP contribution in [-0.2, 0) is 51.2 Å². The highest BCUT2D eigenvalue weighted by atomic mass is 16.4. The Hall–Kier alpha value is -5.80. The summed E-state index contributed by atoms with van der Waals surface area (Å²) >= 11 is 0. The van der Waals surface area contributed by atoms with Crippen LogP contribution in [0.15, 0.2) is 60.7 Å². The number of hydrogen-bond donors (Lipinski definition) is 8. The minimum absolute atomic E-state index is 0.00459. The summed E-state index contributed by atoms with van der Waals surface area (Å²) in [7, 11) is 0. The predicted molar refractivity (Wildman–Crippen MR) is 250 cm³/mol. The van der Waals surface area contributed by atoms with E-state index in [1.807, 2.05) is 44.2 Å². The van der Waals surface area contributed by atoms with Gasteiger partial charge in [0.05, 0.1) is 6.42 Å². The quantitative estimate of drug-likeness (QED) is 0.0442. The molecule has 360 valence electrons. The Bertz CT molecular complexity index is 1760. The SMILES string of the molecule is CC[C@H](C)[C@@H](NC(=O)CCCCNC(=O)CCCCCCCCCCCCCCC(=O)N[C@H](CC(=O)N[C@@H](Cc1ccccc1)C(=O)O)C(N)=O)C(=O)N[C@@H](Cc1ccccc1)C(N)=O. The third-order valence-corrected chi connectivity index (χ3v) is 11.4. The molecule has 2 rings (SSSR count). The summed E-state index contributed by atoms with van der Waals surface area (Å²) in [6.45, 7) is 4.28. The van der Waals surface area contributed by atoms with Crippen LogP contribution in [0, 0.1) is 5.92 Å². The van der Waals surface area contributed by atoms with Crippen LogP contribution in [0.25, 0.3) is 0 Å². The normalized spacial score (nSPS) is 13.3. The van der Waals surface area contributed by atoms with Crippen molar-refractivity contribution < 1.29 is 43.5 Å². The molecule has 16 heteroatoms. The minimum Gasteiger partial charge on any atom is -0.480 e. The standard InChI is InChI=1S/C49H75N7O9/c1-3-35(2)45(48(63)55-38(46(50)61)32-36-24-16-14-17-25-36)56-43(59)30-22-23-31-52-41(57)28-20-12-10-8-6-4-5-7-9-11-13-21-29-42(58)53-39(47(51)62)34-44(60)54-40(49(64)65)33-37-26-18-15-19-27-37/h14-19,24-27,35,38-40,45H,3-13,20-23,28-34H2,1-2H3,(H2,50,61)(H2,51,62)(H,52,57)(H,53,58)(H,54,60)(H,55,63)(H,56,59)(H,64,65)/t35-,38-,39+,40-,45+/m0/s1. The van der Waals surface area contributed by atoms with Gasteiger partial charge in [0.25, 0.3) is 0 Å². The lowest BCUT2D eigenvalue weighted by atomic mass is 9.97. The molecule has 0 radical (unpaired) electrons. The molecular formula is C49H75N7O9. The molecule has 0 saturated heterocycles. The molecule has 7 amide bonds. The van der Waals surface area contributed by atoms with Gasteiger partial charge < -0.3 is 43.2 Å². The Morgan fingerprint density at radius 3 is 1.38 bits per heavy atom. The molecule has 65 heavy (non-hydrogen) atoms. The number of rotatable bonds is 36. The number of carboxylic acids is 1. The first-order valence-corrected chi connectivity index (χ1v) is 23.5. The molecule has 0 heterocycles. The van der Waals surface area contributed by atoms with Crippen LogP contribution in [0.5, 0.6) is 0 Å². The molecule has 0 unspecified atom stereocenters. The molecule has 0 aliphatic carbocycles. The lowest BCUT2D eigenvalue weighted by Gasteiger charge is -2.26. The molecule has 0 fully saturated rings. The molecule has 0 aliphatic heterocycles. The number of carboxylic acid groups (broad SMARTS) is 1. The Labute approximate surface area is 385 Å². The highest BCUT2D eigenvalue weighted by Gasteiger charge is 2.29. The van der Waals surface area contributed by atoms with Crippen molar-refractivity contribution in [2.24, 2.45) is 17.4 Å². The van der Waals surface area contributed by atoms with Gasteiger partial charge in [0.1, 0.15) is 24.2 Å². The fraction of sp³-hybridized carbons (Fsp3) is 0.592. The summed E-state index contributed by atoms with van der Waals surface area (Å²) in [5.74, 6) is -4.66. The first-order valence-electron chi connectivity index (χ1n) is 23.5. The molecule has 0 aliphatic rings. The number of nitrogens with one attached hydrogen (secondary N) is 5. The van der Waals surface area contributed by atoms with E-state index < -0.39 is 60.2 Å². The first-order chi connectivity index (χ1) is 31.2. The molecule has 10 N–H and O–H groups in total. The topological polar surface area (TPSA) is 269 Å². The van der Waals surface area contributed by atoms with E-state index in [0.717, 1.165) is 81.8 Å². The zero-order chi connectivity index (χ0) is 47.8. The van der Waals surface area contributed by atoms with Crippen LogP contribution in [-0.4, -0.2) is 83.1 Å². The van der Waals surface area contributed by atoms with E-state index in [0.29, 0.717) is 38.6 Å². The average molecular weight is 906 g/mol. The van der Waals surface area contributed by atoms with E-state index in [1.54, 1.807) is 30.3 Å². The third-order valence-electron chi connectivity index (χ3n) is 11.4. The number of carbonyl (C=O) groups is 8. The smallest absolute Gasteiger partial charge is 0.326 e. The van der Waals surface area contributed by atoms with E-state index in [2.05, 4.69) is 26.6 Å². The lowest BCUT2D eigenvalue weighted by Crippen LogP contribution is -2.55. The number of nitrogens with two attached hydrogens (primary N) is 2. The van der Waals surface area contributed by atoms with Crippen molar-refractivity contribution in [1.29, 1.82) is 0 Å². The lowest BCUT2D eigenvalue weighted by molar-refractivity contribution is -0.142. The van der Waals surface area contributed by atoms with Crippen molar-refractivity contribution in [2.75, 3.05) is 6.54 Å². The van der Waals surface area contributed by atoms with Gasteiger partial charge in [-0.2, -0.15) is 0 Å². The van der Waals surface area contributed by atoms with Gasteiger partial charge in [-0.25, -0.2) is 4.79 Å². The Morgan fingerprint density at radius 2 is 0.923 bits per heavy atom. The van der Waals surface area contributed by atoms with Gasteiger partial charge in [-0.05, 0) is 42.7 Å². The number of amides is 7. The van der Waals surface area contributed by atoms with Gasteiger partial charge in [0, 0.05) is 38.6 Å². The molecule has 16 nitrogen and oxygen atoms in total. The number of primary amides is 2. The maximum Gasteiger partial charge on any atom is 0.326 e. The second-order valence-electron chi connectivity index (χ2n) is 17.0. The maximum atomic E-state index is 13.2. The fourth-order valence-electron chi connectivity index (χ4n) is 7.32. The van der Waals surface area contributed by atoms with E-state index in [4.69, 9.17) is 11.5 Å². The Kier molecular flexibility index (Phi) is 27.9. The van der Waals surface area contributed by atoms with Gasteiger partial charge in [0.2, 0.25) is 41.4 Å². The molecule has 0 saturated carbocycles. The van der Waals surface area contributed by atoms with Gasteiger partial charge in [0.15, 0.2) is 0 Å². The summed E-state index contributed by atoms with van der Waals surface area (Å²) in [4.78, 5) is 99.0. The molecular weight excluding hydrogens is 831 g/mol. The number of aliphatic carboxylic acids is 1. The van der Waals surface area contributed by atoms with Crippen molar-refractivity contribution in [3.63, 3.8) is 0 Å². The van der Waals surface area contributed by atoms with Crippen LogP contribution in [0.3, 0.4) is 0 Å². The zero-order valence-corrected chi connectivity index (χ0v) is 38.6. The van der Waals surface area contributed by atoms with Crippen molar-refractivity contribution in [3.05, 3.63) is 71.8 Å². The highest BCUT2D eigenvalue weighted by molar-refractivity contribution is 5.93. The molecule has 0 aromatic heterocycles. The number of carbonyl (C=O) groups excluding carboxylic acids is 7. The Balaban J connectivity index is 1.46. The maximum absolute atomic E-state index is 13.2. The van der Waals surface area contributed by atoms with Crippen molar-refractivity contribution in [3.8, 4) is 0 Å². The van der Waals surface area contributed by atoms with Crippen LogP contribution >= 0.6 is 0 Å². The molecule has 0 bridgehead atoms. The van der Waals surface area contributed by atoms with E-state index in [1.165, 1.54) is 0 Å². The monoisotopic (exact) mass is 906 g/mol. The number of benzene rings is 2. The van der Waals surface area contributed by atoms with Gasteiger partial charge in [-0.3, -0.25) is 33.6 Å². The Morgan fingerprint density at radius 1 is 0.508 bits per heavy atom. The minimum atomic E-state index is -1.23. The molecule has 2 aromatic carbocycles. The first kappa shape index (κ1) is 55.3. The van der Waals surface area contributed by atoms with Crippen LogP contribution < -0.4 is 38.1 Å². The van der Waals surface area contributed by atoms with Crippen molar-refractivity contribution in [1.82, 2.24) is 26.6 Å². The zero-order valence-electron chi connectivity index (χ0n) is 38.6. The van der Waals surface area contributed by atoms with Crippen molar-refractivity contribution in [2.45, 2.75) is 173 Å². The van der Waals surface area contributed by atoms with Crippen molar-refractivity contribution >= 4 is 47.3 Å². The van der Waals surface area contributed by atoms with Gasteiger partial charge in [-0.15, -0.1) is 0 Å². The van der Waals surface area contributed by atoms with Gasteiger partial charge in [-0.1, -0.05) is 145 Å². The number of hydrogen-bond acceptors (Lipinski definition) is 8. The van der Waals surface area contributed by atoms with Gasteiger partial charge >= 0.3 is 5.97 Å². The highest BCUT2D eigenvalue weighted by Crippen LogP contribution is 2.14. The summed E-state index contributed by atoms with van der Waals surface area (Å²) in [6, 6.07) is 14.0.